The van der Waals surface area contributed by atoms with Crippen LogP contribution in [0.25, 0.3) is 11.3 Å². The molecule has 16 heavy (non-hydrogen) atoms. The lowest BCUT2D eigenvalue weighted by Gasteiger charge is -2.02. The predicted octanol–water partition coefficient (Wildman–Crippen LogP) is 2.38. The van der Waals surface area contributed by atoms with Crippen LogP contribution in [-0.2, 0) is 11.2 Å². The van der Waals surface area contributed by atoms with Crippen LogP contribution in [0.4, 0.5) is 0 Å². The number of carbonyl (C=O) groups is 1. The average molecular weight is 213 g/mol. The monoisotopic (exact) mass is 213 g/mol. The van der Waals surface area contributed by atoms with Gasteiger partial charge in [-0.3, -0.25) is 9.78 Å². The summed E-state index contributed by atoms with van der Waals surface area (Å²) < 4.78 is 0. The van der Waals surface area contributed by atoms with E-state index >= 15 is 0 Å². The zero-order chi connectivity index (χ0) is 11.4. The molecule has 1 N–H and O–H groups in total. The van der Waals surface area contributed by atoms with Crippen LogP contribution in [0.15, 0.2) is 48.5 Å². The molecule has 80 valence electrons. The van der Waals surface area contributed by atoms with Crippen molar-refractivity contribution in [1.29, 1.82) is 0 Å². The van der Waals surface area contributed by atoms with Crippen LogP contribution < -0.4 is 0 Å². The smallest absolute Gasteiger partial charge is 0.309 e. The second kappa shape index (κ2) is 4.57. The van der Waals surface area contributed by atoms with Crippen molar-refractivity contribution in [2.75, 3.05) is 0 Å². The first kappa shape index (κ1) is 10.4. The Morgan fingerprint density at radius 1 is 1.06 bits per heavy atom. The number of carboxylic acids is 1. The molecule has 0 unspecified atom stereocenters. The molecular weight excluding hydrogens is 202 g/mol. The summed E-state index contributed by atoms with van der Waals surface area (Å²) in [4.78, 5) is 14.9. The van der Waals surface area contributed by atoms with Gasteiger partial charge >= 0.3 is 5.97 Å². The average Bonchev–Trinajstić information content (AvgIpc) is 2.30. The van der Waals surface area contributed by atoms with Crippen LogP contribution in [0.3, 0.4) is 0 Å². The zero-order valence-corrected chi connectivity index (χ0v) is 8.63. The van der Waals surface area contributed by atoms with Gasteiger partial charge in [-0.15, -0.1) is 0 Å². The standard InChI is InChI=1S/C13H11NO2/c15-13(16)9-11-7-4-8-12(14-11)10-5-2-1-3-6-10/h1-8H,9H2,(H,15,16). The Balaban J connectivity index is 2.33. The lowest BCUT2D eigenvalue weighted by molar-refractivity contribution is -0.136. The van der Waals surface area contributed by atoms with Crippen LogP contribution in [-0.4, -0.2) is 16.1 Å². The first-order valence-electron chi connectivity index (χ1n) is 4.99. The number of hydrogen-bond donors (Lipinski definition) is 1. The Bertz CT molecular complexity index is 494. The van der Waals surface area contributed by atoms with E-state index < -0.39 is 5.97 Å². The second-order valence-corrected chi connectivity index (χ2v) is 3.45. The van der Waals surface area contributed by atoms with E-state index in [1.54, 1.807) is 6.07 Å². The van der Waals surface area contributed by atoms with E-state index in [1.165, 1.54) is 0 Å². The van der Waals surface area contributed by atoms with Gasteiger partial charge < -0.3 is 5.11 Å². The van der Waals surface area contributed by atoms with E-state index in [-0.39, 0.29) is 6.42 Å². The summed E-state index contributed by atoms with van der Waals surface area (Å²) >= 11 is 0. The SMILES string of the molecule is O=C(O)Cc1cccc(-c2ccccc2)n1. The molecule has 3 nitrogen and oxygen atoms in total. The van der Waals surface area contributed by atoms with Crippen molar-refractivity contribution in [3.8, 4) is 11.3 Å². The fourth-order valence-electron chi connectivity index (χ4n) is 1.50. The lowest BCUT2D eigenvalue weighted by atomic mass is 10.1. The fraction of sp³-hybridized carbons (Fsp3) is 0.0769. The molecule has 1 heterocycles. The van der Waals surface area contributed by atoms with Gasteiger partial charge in [0.25, 0.3) is 0 Å². The first-order valence-corrected chi connectivity index (χ1v) is 4.99. The Labute approximate surface area is 93.4 Å². The lowest BCUT2D eigenvalue weighted by Crippen LogP contribution is -2.02. The minimum absolute atomic E-state index is 0.0410. The van der Waals surface area contributed by atoms with Gasteiger partial charge in [-0.05, 0) is 12.1 Å². The quantitative estimate of drug-likeness (QED) is 0.851. The molecule has 0 saturated carbocycles. The fourth-order valence-corrected chi connectivity index (χ4v) is 1.50. The largest absolute Gasteiger partial charge is 0.481 e. The third-order valence-electron chi connectivity index (χ3n) is 2.21. The molecule has 3 heteroatoms. The molecule has 0 aliphatic heterocycles. The molecule has 2 aromatic rings. The topological polar surface area (TPSA) is 50.2 Å². The van der Waals surface area contributed by atoms with Gasteiger partial charge in [0.1, 0.15) is 0 Å². The van der Waals surface area contributed by atoms with E-state index in [9.17, 15) is 4.79 Å². The van der Waals surface area contributed by atoms with Crippen molar-refractivity contribution in [2.45, 2.75) is 6.42 Å². The molecule has 1 aromatic carbocycles. The number of hydrogen-bond acceptors (Lipinski definition) is 2. The van der Waals surface area contributed by atoms with Crippen molar-refractivity contribution < 1.29 is 9.90 Å². The van der Waals surface area contributed by atoms with Crippen LogP contribution in [0.1, 0.15) is 5.69 Å². The number of benzene rings is 1. The normalized spacial score (nSPS) is 10.0. The summed E-state index contributed by atoms with van der Waals surface area (Å²) in [6.07, 6.45) is -0.0410. The number of carboxylic acid groups (broad SMARTS) is 1. The van der Waals surface area contributed by atoms with E-state index in [4.69, 9.17) is 5.11 Å². The molecule has 0 bridgehead atoms. The van der Waals surface area contributed by atoms with Crippen LogP contribution >= 0.6 is 0 Å². The number of nitrogens with zero attached hydrogens (tertiary/aromatic N) is 1. The minimum atomic E-state index is -0.863. The summed E-state index contributed by atoms with van der Waals surface area (Å²) in [5, 5.41) is 8.69. The summed E-state index contributed by atoms with van der Waals surface area (Å²) in [6.45, 7) is 0. The Hall–Kier alpha value is -2.16. The maximum absolute atomic E-state index is 10.6. The van der Waals surface area contributed by atoms with Gasteiger partial charge in [0.15, 0.2) is 0 Å². The Morgan fingerprint density at radius 2 is 1.81 bits per heavy atom. The molecule has 2 rings (SSSR count). The second-order valence-electron chi connectivity index (χ2n) is 3.45. The van der Waals surface area contributed by atoms with Gasteiger partial charge in [-0.2, -0.15) is 0 Å². The van der Waals surface area contributed by atoms with Gasteiger partial charge in [0.05, 0.1) is 17.8 Å². The summed E-state index contributed by atoms with van der Waals surface area (Å²) in [5.41, 5.74) is 2.38. The maximum Gasteiger partial charge on any atom is 0.309 e. The molecule has 0 amide bonds. The highest BCUT2D eigenvalue weighted by molar-refractivity contribution is 5.70. The van der Waals surface area contributed by atoms with Crippen molar-refractivity contribution in [3.05, 3.63) is 54.2 Å². The van der Waals surface area contributed by atoms with Gasteiger partial charge in [0, 0.05) is 5.56 Å². The molecule has 1 aromatic heterocycles. The van der Waals surface area contributed by atoms with Gasteiger partial charge in [0.2, 0.25) is 0 Å². The van der Waals surface area contributed by atoms with E-state index in [1.807, 2.05) is 42.5 Å². The van der Waals surface area contributed by atoms with Crippen molar-refractivity contribution >= 4 is 5.97 Å². The van der Waals surface area contributed by atoms with Crippen molar-refractivity contribution in [3.63, 3.8) is 0 Å². The summed E-state index contributed by atoms with van der Waals surface area (Å²) in [6, 6.07) is 15.1. The molecule has 0 fully saturated rings. The molecule has 0 radical (unpaired) electrons. The van der Waals surface area contributed by atoms with Crippen LogP contribution in [0, 0.1) is 0 Å². The van der Waals surface area contributed by atoms with E-state index in [0.29, 0.717) is 5.69 Å². The highest BCUT2D eigenvalue weighted by Crippen LogP contribution is 2.16. The molecule has 0 spiro atoms. The Kier molecular flexibility index (Phi) is 2.96. The number of pyridine rings is 1. The van der Waals surface area contributed by atoms with Crippen LogP contribution in [0.2, 0.25) is 0 Å². The highest BCUT2D eigenvalue weighted by atomic mass is 16.4. The third kappa shape index (κ3) is 2.45. The van der Waals surface area contributed by atoms with E-state index in [2.05, 4.69) is 4.98 Å². The number of aliphatic carboxylic acids is 1. The summed E-state index contributed by atoms with van der Waals surface area (Å²) in [5.74, 6) is -0.863. The van der Waals surface area contributed by atoms with Crippen molar-refractivity contribution in [1.82, 2.24) is 4.98 Å². The van der Waals surface area contributed by atoms with Crippen LogP contribution in [0.5, 0.6) is 0 Å². The minimum Gasteiger partial charge on any atom is -0.481 e. The molecule has 0 atom stereocenters. The van der Waals surface area contributed by atoms with E-state index in [0.717, 1.165) is 11.3 Å². The van der Waals surface area contributed by atoms with Gasteiger partial charge in [-0.1, -0.05) is 36.4 Å². The third-order valence-corrected chi connectivity index (χ3v) is 2.21. The van der Waals surface area contributed by atoms with Gasteiger partial charge in [-0.25, -0.2) is 0 Å². The maximum atomic E-state index is 10.6. The molecular formula is C13H11NO2. The number of rotatable bonds is 3. The Morgan fingerprint density at radius 3 is 2.50 bits per heavy atom. The zero-order valence-electron chi connectivity index (χ0n) is 8.63. The number of aromatic nitrogens is 1. The highest BCUT2D eigenvalue weighted by Gasteiger charge is 2.03. The molecule has 0 saturated heterocycles. The first-order chi connectivity index (χ1) is 7.75. The molecule has 0 aliphatic carbocycles. The summed E-state index contributed by atoms with van der Waals surface area (Å²) in [7, 11) is 0. The van der Waals surface area contributed by atoms with Crippen molar-refractivity contribution in [2.24, 2.45) is 0 Å². The predicted molar refractivity (Wildman–Crippen MR) is 61.0 cm³/mol. The molecule has 0 aliphatic rings.